The van der Waals surface area contributed by atoms with Gasteiger partial charge in [-0.05, 0) is 39.2 Å². The molecule has 3 aromatic rings. The van der Waals surface area contributed by atoms with E-state index >= 15 is 0 Å². The molecule has 0 spiro atoms. The third-order valence-corrected chi connectivity index (χ3v) is 4.20. The summed E-state index contributed by atoms with van der Waals surface area (Å²) in [5.41, 5.74) is 4.66. The maximum absolute atomic E-state index is 6.17. The Bertz CT molecular complexity index is 808. The largest absolute Gasteiger partial charge is 0.455 e. The molecule has 0 unspecified atom stereocenters. The minimum Gasteiger partial charge on any atom is -0.455 e. The van der Waals surface area contributed by atoms with Gasteiger partial charge in [-0.15, -0.1) is 0 Å². The van der Waals surface area contributed by atoms with Crippen molar-refractivity contribution in [2.24, 2.45) is 0 Å². The van der Waals surface area contributed by atoms with Gasteiger partial charge in [0.1, 0.15) is 11.5 Å². The van der Waals surface area contributed by atoms with Crippen LogP contribution in [0.25, 0.3) is 22.3 Å². The smallest absolute Gasteiger partial charge is 0.149 e. The Morgan fingerprint density at radius 3 is 2.00 bits per heavy atom. The van der Waals surface area contributed by atoms with E-state index in [1.54, 1.807) is 0 Å². The molecule has 0 aliphatic carbocycles. The van der Waals surface area contributed by atoms with Crippen LogP contribution in [0.2, 0.25) is 0 Å². The van der Waals surface area contributed by atoms with Gasteiger partial charge in [0, 0.05) is 11.1 Å². The van der Waals surface area contributed by atoms with Crippen molar-refractivity contribution >= 4 is 15.9 Å². The van der Waals surface area contributed by atoms with E-state index < -0.39 is 0 Å². The number of benzene rings is 3. The van der Waals surface area contributed by atoms with Crippen LogP contribution in [-0.4, -0.2) is 0 Å². The molecule has 0 atom stereocenters. The van der Waals surface area contributed by atoms with Crippen LogP contribution in [-0.2, 0) is 0 Å². The van der Waals surface area contributed by atoms with Gasteiger partial charge in [0.25, 0.3) is 0 Å². The fourth-order valence-electron chi connectivity index (χ4n) is 2.67. The number of fused-ring (bicyclic) bond motifs is 5. The Hall–Kier alpha value is -2.06. The highest BCUT2D eigenvalue weighted by molar-refractivity contribution is 9.10. The monoisotopic (exact) mass is 322 g/mol. The molecule has 0 amide bonds. The molecule has 0 bridgehead atoms. The van der Waals surface area contributed by atoms with Crippen LogP contribution in [0.3, 0.4) is 0 Å². The molecular formula is C18H11BrO. The van der Waals surface area contributed by atoms with Crippen LogP contribution < -0.4 is 4.74 Å². The summed E-state index contributed by atoms with van der Waals surface area (Å²) in [6, 6.07) is 22.7. The van der Waals surface area contributed by atoms with Crippen LogP contribution >= 0.6 is 15.9 Å². The van der Waals surface area contributed by atoms with Gasteiger partial charge < -0.3 is 4.74 Å². The van der Waals surface area contributed by atoms with Crippen LogP contribution in [0, 0.1) is 0 Å². The third kappa shape index (κ3) is 1.69. The first-order valence-corrected chi connectivity index (χ1v) is 7.29. The van der Waals surface area contributed by atoms with Gasteiger partial charge in [-0.25, -0.2) is 0 Å². The fraction of sp³-hybridized carbons (Fsp3) is 0. The van der Waals surface area contributed by atoms with Crippen molar-refractivity contribution in [3.8, 4) is 33.8 Å². The normalized spacial score (nSPS) is 11.7. The molecule has 1 nitrogen and oxygen atoms in total. The molecule has 0 N–H and O–H groups in total. The van der Waals surface area contributed by atoms with Crippen molar-refractivity contribution in [2.75, 3.05) is 0 Å². The summed E-state index contributed by atoms with van der Waals surface area (Å²) in [6.45, 7) is 0. The topological polar surface area (TPSA) is 9.23 Å². The summed E-state index contributed by atoms with van der Waals surface area (Å²) in [7, 11) is 0. The van der Waals surface area contributed by atoms with E-state index in [2.05, 4.69) is 52.3 Å². The molecule has 3 aromatic carbocycles. The molecule has 0 fully saturated rings. The number of rotatable bonds is 0. The Labute approximate surface area is 126 Å². The van der Waals surface area contributed by atoms with Crippen molar-refractivity contribution in [1.82, 2.24) is 0 Å². The molecule has 2 heteroatoms. The van der Waals surface area contributed by atoms with Gasteiger partial charge in [-0.3, -0.25) is 0 Å². The summed E-state index contributed by atoms with van der Waals surface area (Å²) in [5, 5.41) is 0. The van der Waals surface area contributed by atoms with Gasteiger partial charge >= 0.3 is 0 Å². The predicted molar refractivity (Wildman–Crippen MR) is 85.1 cm³/mol. The zero-order chi connectivity index (χ0) is 13.5. The lowest BCUT2D eigenvalue weighted by Gasteiger charge is -2.10. The van der Waals surface area contributed by atoms with Crippen LogP contribution in [0.15, 0.2) is 71.2 Å². The SMILES string of the molecule is Brc1cccc2c1Oc1ccccc1-c1ccccc1-2. The van der Waals surface area contributed by atoms with E-state index in [4.69, 9.17) is 4.74 Å². The molecule has 0 saturated heterocycles. The summed E-state index contributed by atoms with van der Waals surface area (Å²) in [6.07, 6.45) is 0. The molecule has 4 rings (SSSR count). The highest BCUT2D eigenvalue weighted by atomic mass is 79.9. The summed E-state index contributed by atoms with van der Waals surface area (Å²) >= 11 is 3.60. The second-order valence-corrected chi connectivity index (χ2v) is 5.61. The predicted octanol–water partition coefficient (Wildman–Crippen LogP) is 5.89. The van der Waals surface area contributed by atoms with E-state index in [0.29, 0.717) is 0 Å². The van der Waals surface area contributed by atoms with Gasteiger partial charge in [0.15, 0.2) is 0 Å². The number of hydrogen-bond donors (Lipinski definition) is 0. The maximum Gasteiger partial charge on any atom is 0.149 e. The number of hydrogen-bond acceptors (Lipinski definition) is 1. The third-order valence-electron chi connectivity index (χ3n) is 3.57. The Morgan fingerprint density at radius 2 is 1.20 bits per heavy atom. The zero-order valence-electron chi connectivity index (χ0n) is 10.6. The lowest BCUT2D eigenvalue weighted by atomic mass is 9.95. The zero-order valence-corrected chi connectivity index (χ0v) is 12.2. The molecule has 1 heterocycles. The minimum atomic E-state index is 0.880. The van der Waals surface area contributed by atoms with Crippen molar-refractivity contribution in [3.63, 3.8) is 0 Å². The standard InChI is InChI=1S/C18H11BrO/c19-16-10-5-9-15-13-7-2-1-6-12(13)14-8-3-4-11-17(14)20-18(15)16/h1-11H. The lowest BCUT2D eigenvalue weighted by Crippen LogP contribution is -1.86. The average molecular weight is 323 g/mol. The first-order valence-electron chi connectivity index (χ1n) is 6.50. The average Bonchev–Trinajstić information content (AvgIpc) is 2.64. The van der Waals surface area contributed by atoms with E-state index in [0.717, 1.165) is 27.1 Å². The Morgan fingerprint density at radius 1 is 0.600 bits per heavy atom. The summed E-state index contributed by atoms with van der Waals surface area (Å²) in [4.78, 5) is 0. The molecule has 0 aromatic heterocycles. The van der Waals surface area contributed by atoms with Gasteiger partial charge in [-0.2, -0.15) is 0 Å². The summed E-state index contributed by atoms with van der Waals surface area (Å²) < 4.78 is 7.14. The number of ether oxygens (including phenoxy) is 1. The van der Waals surface area contributed by atoms with Crippen LogP contribution in [0.4, 0.5) is 0 Å². The Balaban J connectivity index is 2.14. The van der Waals surface area contributed by atoms with Crippen LogP contribution in [0.1, 0.15) is 0 Å². The maximum atomic E-state index is 6.17. The van der Waals surface area contributed by atoms with Crippen molar-refractivity contribution in [1.29, 1.82) is 0 Å². The van der Waals surface area contributed by atoms with E-state index in [1.165, 1.54) is 11.1 Å². The summed E-state index contributed by atoms with van der Waals surface area (Å²) in [5.74, 6) is 1.77. The van der Waals surface area contributed by atoms with Crippen LogP contribution in [0.5, 0.6) is 11.5 Å². The Kier molecular flexibility index (Phi) is 2.64. The van der Waals surface area contributed by atoms with Gasteiger partial charge in [0.05, 0.1) is 4.47 Å². The number of para-hydroxylation sites is 2. The first kappa shape index (κ1) is 11.7. The van der Waals surface area contributed by atoms with E-state index in [-0.39, 0.29) is 0 Å². The first-order chi connectivity index (χ1) is 9.84. The van der Waals surface area contributed by atoms with Crippen molar-refractivity contribution in [2.45, 2.75) is 0 Å². The molecule has 0 radical (unpaired) electrons. The molecule has 0 saturated carbocycles. The molecule has 1 aliphatic rings. The van der Waals surface area contributed by atoms with Crippen molar-refractivity contribution < 1.29 is 4.74 Å². The van der Waals surface area contributed by atoms with E-state index in [1.807, 2.05) is 30.3 Å². The molecule has 20 heavy (non-hydrogen) atoms. The highest BCUT2D eigenvalue weighted by Crippen LogP contribution is 2.48. The fourth-order valence-corrected chi connectivity index (χ4v) is 3.11. The molecule has 1 aliphatic heterocycles. The van der Waals surface area contributed by atoms with Gasteiger partial charge in [0.2, 0.25) is 0 Å². The minimum absolute atomic E-state index is 0.880. The molecule has 96 valence electrons. The van der Waals surface area contributed by atoms with E-state index in [9.17, 15) is 0 Å². The number of halogens is 1. The van der Waals surface area contributed by atoms with Gasteiger partial charge in [-0.1, -0.05) is 54.6 Å². The van der Waals surface area contributed by atoms with Crippen molar-refractivity contribution in [3.05, 3.63) is 71.2 Å². The second-order valence-electron chi connectivity index (χ2n) is 4.76. The lowest BCUT2D eigenvalue weighted by molar-refractivity contribution is 0.484. The second kappa shape index (κ2) is 4.50. The quantitative estimate of drug-likeness (QED) is 0.392. The molecular weight excluding hydrogens is 312 g/mol. The highest BCUT2D eigenvalue weighted by Gasteiger charge is 2.21.